The van der Waals surface area contributed by atoms with Gasteiger partial charge < -0.3 is 9.80 Å². The zero-order valence-corrected chi connectivity index (χ0v) is 15.1. The summed E-state index contributed by atoms with van der Waals surface area (Å²) in [6.45, 7) is 8.92. The van der Waals surface area contributed by atoms with Crippen LogP contribution in [0.3, 0.4) is 0 Å². The fraction of sp³-hybridized carbons (Fsp3) is 0.444. The van der Waals surface area contributed by atoms with Crippen molar-refractivity contribution in [1.82, 2.24) is 9.88 Å². The van der Waals surface area contributed by atoms with Crippen LogP contribution in [0.2, 0.25) is 0 Å². The van der Waals surface area contributed by atoms with E-state index in [-0.39, 0.29) is 5.91 Å². The molecule has 1 amide bonds. The number of para-hydroxylation sites is 1. The van der Waals surface area contributed by atoms with Crippen LogP contribution in [0.25, 0.3) is 0 Å². The van der Waals surface area contributed by atoms with Crippen molar-refractivity contribution in [2.45, 2.75) is 13.8 Å². The summed E-state index contributed by atoms with van der Waals surface area (Å²) in [6, 6.07) is 8.08. The molecule has 0 atom stereocenters. The average Bonchev–Trinajstić information content (AvgIpc) is 3.12. The van der Waals surface area contributed by atoms with E-state index in [1.165, 1.54) is 0 Å². The Morgan fingerprint density at radius 3 is 2.62 bits per heavy atom. The summed E-state index contributed by atoms with van der Waals surface area (Å²) in [6.07, 6.45) is 1.84. The number of aryl methyl sites for hydroxylation is 1. The van der Waals surface area contributed by atoms with Gasteiger partial charge in [-0.1, -0.05) is 18.2 Å². The number of likely N-dealkylation sites (N-methyl/N-ethyl adjacent to an activating group) is 1. The van der Waals surface area contributed by atoms with Gasteiger partial charge >= 0.3 is 0 Å². The van der Waals surface area contributed by atoms with Crippen molar-refractivity contribution >= 4 is 28.1 Å². The third-order valence-electron chi connectivity index (χ3n) is 4.44. The second-order valence-electron chi connectivity index (χ2n) is 6.00. The molecule has 0 radical (unpaired) electrons. The summed E-state index contributed by atoms with van der Waals surface area (Å²) < 4.78 is 0. The topological polar surface area (TPSA) is 39.7 Å². The Labute approximate surface area is 147 Å². The van der Waals surface area contributed by atoms with Gasteiger partial charge in [0.1, 0.15) is 0 Å². The monoisotopic (exact) mass is 344 g/mol. The molecule has 1 aliphatic heterocycles. The van der Waals surface area contributed by atoms with Crippen LogP contribution in [-0.4, -0.2) is 55.1 Å². The van der Waals surface area contributed by atoms with Gasteiger partial charge in [-0.3, -0.25) is 9.69 Å². The van der Waals surface area contributed by atoms with Gasteiger partial charge in [0.05, 0.1) is 6.54 Å². The smallest absolute Gasteiger partial charge is 0.241 e. The maximum Gasteiger partial charge on any atom is 0.241 e. The molecule has 0 bridgehead atoms. The Hall–Kier alpha value is -1.92. The Kier molecular flexibility index (Phi) is 5.48. The lowest BCUT2D eigenvalue weighted by Gasteiger charge is -2.35. The van der Waals surface area contributed by atoms with Crippen LogP contribution in [0.4, 0.5) is 10.8 Å². The molecule has 2 heterocycles. The normalized spacial score (nSPS) is 15.5. The summed E-state index contributed by atoms with van der Waals surface area (Å²) in [5, 5.41) is 3.09. The SMILES string of the molecule is CCN(C(=O)CN1CCN(c2nccs2)CC1)c1ccccc1C. The first-order valence-electron chi connectivity index (χ1n) is 8.42. The van der Waals surface area contributed by atoms with Gasteiger partial charge in [0.15, 0.2) is 5.13 Å². The van der Waals surface area contributed by atoms with E-state index in [1.807, 2.05) is 41.6 Å². The van der Waals surface area contributed by atoms with Crippen molar-refractivity contribution in [2.75, 3.05) is 49.1 Å². The van der Waals surface area contributed by atoms with Crippen molar-refractivity contribution in [3.8, 4) is 0 Å². The van der Waals surface area contributed by atoms with Gasteiger partial charge in [0.25, 0.3) is 0 Å². The van der Waals surface area contributed by atoms with Gasteiger partial charge in [-0.15, -0.1) is 11.3 Å². The first-order chi connectivity index (χ1) is 11.7. The number of carbonyl (C=O) groups is 1. The molecule has 1 saturated heterocycles. The van der Waals surface area contributed by atoms with E-state index in [2.05, 4.69) is 27.8 Å². The number of hydrogen-bond acceptors (Lipinski definition) is 5. The van der Waals surface area contributed by atoms with Gasteiger partial charge in [-0.25, -0.2) is 4.98 Å². The lowest BCUT2D eigenvalue weighted by Crippen LogP contribution is -2.50. The van der Waals surface area contributed by atoms with Crippen molar-refractivity contribution in [3.05, 3.63) is 41.4 Å². The molecule has 0 spiro atoms. The molecule has 5 nitrogen and oxygen atoms in total. The molecule has 0 unspecified atom stereocenters. The van der Waals surface area contributed by atoms with Crippen LogP contribution in [-0.2, 0) is 4.79 Å². The zero-order valence-electron chi connectivity index (χ0n) is 14.3. The van der Waals surface area contributed by atoms with Crippen LogP contribution in [0.1, 0.15) is 12.5 Å². The van der Waals surface area contributed by atoms with Gasteiger partial charge in [-0.2, -0.15) is 0 Å². The van der Waals surface area contributed by atoms with Crippen molar-refractivity contribution in [1.29, 1.82) is 0 Å². The minimum Gasteiger partial charge on any atom is -0.346 e. The van der Waals surface area contributed by atoms with Gasteiger partial charge in [0.2, 0.25) is 5.91 Å². The van der Waals surface area contributed by atoms with E-state index in [4.69, 9.17) is 0 Å². The van der Waals surface area contributed by atoms with E-state index in [1.54, 1.807) is 11.3 Å². The second kappa shape index (κ2) is 7.77. The van der Waals surface area contributed by atoms with Crippen molar-refractivity contribution < 1.29 is 4.79 Å². The van der Waals surface area contributed by atoms with E-state index in [0.717, 1.165) is 42.6 Å². The molecule has 1 aliphatic rings. The highest BCUT2D eigenvalue weighted by atomic mass is 32.1. The fourth-order valence-corrected chi connectivity index (χ4v) is 3.79. The molecule has 128 valence electrons. The quantitative estimate of drug-likeness (QED) is 0.836. The first-order valence-corrected chi connectivity index (χ1v) is 9.29. The third-order valence-corrected chi connectivity index (χ3v) is 5.28. The Balaban J connectivity index is 1.58. The molecule has 1 fully saturated rings. The number of nitrogens with zero attached hydrogens (tertiary/aromatic N) is 4. The number of hydrogen-bond donors (Lipinski definition) is 0. The zero-order chi connectivity index (χ0) is 16.9. The number of aromatic nitrogens is 1. The average molecular weight is 344 g/mol. The molecule has 3 rings (SSSR count). The fourth-order valence-electron chi connectivity index (χ4n) is 3.09. The number of benzene rings is 1. The molecule has 1 aromatic carbocycles. The molecule has 0 aliphatic carbocycles. The Morgan fingerprint density at radius 1 is 1.25 bits per heavy atom. The lowest BCUT2D eigenvalue weighted by atomic mass is 10.1. The van der Waals surface area contributed by atoms with Gasteiger partial charge in [0, 0.05) is 50.0 Å². The van der Waals surface area contributed by atoms with Crippen LogP contribution in [0.5, 0.6) is 0 Å². The van der Waals surface area contributed by atoms with Crippen molar-refractivity contribution in [3.63, 3.8) is 0 Å². The maximum atomic E-state index is 12.8. The standard InChI is InChI=1S/C18H24N4OS/c1-3-22(16-7-5-4-6-15(16)2)17(23)14-20-9-11-21(12-10-20)18-19-8-13-24-18/h4-8,13H,3,9-12,14H2,1-2H3. The molecule has 1 aromatic heterocycles. The summed E-state index contributed by atoms with van der Waals surface area (Å²) in [5.74, 6) is 0.175. The highest BCUT2D eigenvalue weighted by molar-refractivity contribution is 7.13. The molecule has 2 aromatic rings. The molecule has 0 N–H and O–H groups in total. The summed E-state index contributed by atoms with van der Waals surface area (Å²) >= 11 is 1.67. The van der Waals surface area contributed by atoms with Crippen LogP contribution in [0.15, 0.2) is 35.8 Å². The van der Waals surface area contributed by atoms with Crippen LogP contribution >= 0.6 is 11.3 Å². The Bertz CT molecular complexity index is 665. The lowest BCUT2D eigenvalue weighted by molar-refractivity contribution is -0.119. The number of amides is 1. The third kappa shape index (κ3) is 3.76. The summed E-state index contributed by atoms with van der Waals surface area (Å²) in [5.41, 5.74) is 2.16. The van der Waals surface area contributed by atoms with E-state index < -0.39 is 0 Å². The van der Waals surface area contributed by atoms with Crippen LogP contribution in [0, 0.1) is 6.92 Å². The van der Waals surface area contributed by atoms with Crippen molar-refractivity contribution in [2.24, 2.45) is 0 Å². The number of piperazine rings is 1. The maximum absolute atomic E-state index is 12.8. The number of thiazole rings is 1. The van der Waals surface area contributed by atoms with Gasteiger partial charge in [-0.05, 0) is 25.5 Å². The highest BCUT2D eigenvalue weighted by Crippen LogP contribution is 2.21. The number of carbonyl (C=O) groups excluding carboxylic acids is 1. The number of rotatable bonds is 5. The molecular weight excluding hydrogens is 320 g/mol. The molecular formula is C18H24N4OS. The largest absolute Gasteiger partial charge is 0.346 e. The minimum atomic E-state index is 0.175. The molecule has 0 saturated carbocycles. The molecule has 24 heavy (non-hydrogen) atoms. The van der Waals surface area contributed by atoms with E-state index >= 15 is 0 Å². The number of anilines is 2. The summed E-state index contributed by atoms with van der Waals surface area (Å²) in [4.78, 5) is 23.6. The summed E-state index contributed by atoms with van der Waals surface area (Å²) in [7, 11) is 0. The van der Waals surface area contributed by atoms with Crippen LogP contribution < -0.4 is 9.80 Å². The highest BCUT2D eigenvalue weighted by Gasteiger charge is 2.23. The van der Waals surface area contributed by atoms with E-state index in [9.17, 15) is 4.79 Å². The van der Waals surface area contributed by atoms with E-state index in [0.29, 0.717) is 13.1 Å². The molecule has 6 heteroatoms. The predicted molar refractivity (Wildman–Crippen MR) is 100.0 cm³/mol. The first kappa shape index (κ1) is 16.9. The minimum absolute atomic E-state index is 0.175. The Morgan fingerprint density at radius 2 is 2.00 bits per heavy atom. The second-order valence-corrected chi connectivity index (χ2v) is 6.88. The predicted octanol–water partition coefficient (Wildman–Crippen LogP) is 2.63.